The second-order valence-electron chi connectivity index (χ2n) is 8.39. The molecule has 1 N–H and O–H groups in total. The van der Waals surface area contributed by atoms with Crippen molar-refractivity contribution in [2.24, 2.45) is 0 Å². The smallest absolute Gasteiger partial charge is 0.143 e. The summed E-state index contributed by atoms with van der Waals surface area (Å²) in [5.74, 6) is 2.10. The van der Waals surface area contributed by atoms with Crippen molar-refractivity contribution in [3.8, 4) is 16.9 Å². The first-order valence-electron chi connectivity index (χ1n) is 11.1. The summed E-state index contributed by atoms with van der Waals surface area (Å²) in [7, 11) is 0. The minimum Gasteiger partial charge on any atom is -0.489 e. The number of aromatic nitrogens is 2. The Morgan fingerprint density at radius 1 is 0.912 bits per heavy atom. The van der Waals surface area contributed by atoms with Gasteiger partial charge >= 0.3 is 0 Å². The Morgan fingerprint density at radius 3 is 2.35 bits per heavy atom. The summed E-state index contributed by atoms with van der Waals surface area (Å²) < 4.78 is 5.90. The second kappa shape index (κ2) is 9.84. The SMILES string of the molecule is CC(C)c1ccc(-c2csc3ncnc(Nc4ccc(OCc5ccc(Cl)cc5)cc4)c23)cc1. The van der Waals surface area contributed by atoms with Crippen LogP contribution < -0.4 is 10.1 Å². The Labute approximate surface area is 208 Å². The summed E-state index contributed by atoms with van der Waals surface area (Å²) in [5, 5.41) is 7.38. The molecule has 0 aliphatic carbocycles. The van der Waals surface area contributed by atoms with Crippen LogP contribution in [-0.2, 0) is 6.61 Å². The van der Waals surface area contributed by atoms with Gasteiger partial charge in [0.25, 0.3) is 0 Å². The van der Waals surface area contributed by atoms with E-state index in [-0.39, 0.29) is 0 Å². The molecule has 0 saturated heterocycles. The van der Waals surface area contributed by atoms with E-state index in [4.69, 9.17) is 16.3 Å². The molecule has 0 aliphatic rings. The molecule has 5 aromatic rings. The lowest BCUT2D eigenvalue weighted by atomic mass is 9.99. The molecular weight excluding hydrogens is 462 g/mol. The molecule has 4 nitrogen and oxygen atoms in total. The zero-order valence-corrected chi connectivity index (χ0v) is 20.5. The first-order valence-corrected chi connectivity index (χ1v) is 12.4. The third kappa shape index (κ3) is 4.91. The maximum atomic E-state index is 5.95. The molecular formula is C28H24ClN3OS. The predicted molar refractivity (Wildman–Crippen MR) is 142 cm³/mol. The number of fused-ring (bicyclic) bond motifs is 1. The monoisotopic (exact) mass is 485 g/mol. The third-order valence-corrected chi connectivity index (χ3v) is 6.83. The number of rotatable bonds is 7. The highest BCUT2D eigenvalue weighted by atomic mass is 35.5. The zero-order chi connectivity index (χ0) is 23.5. The van der Waals surface area contributed by atoms with Gasteiger partial charge in [0, 0.05) is 21.7 Å². The number of hydrogen-bond donors (Lipinski definition) is 1. The fraction of sp³-hybridized carbons (Fsp3) is 0.143. The van der Waals surface area contributed by atoms with Gasteiger partial charge < -0.3 is 10.1 Å². The normalized spacial score (nSPS) is 11.2. The van der Waals surface area contributed by atoms with Crippen molar-refractivity contribution in [2.75, 3.05) is 5.32 Å². The average Bonchev–Trinajstić information content (AvgIpc) is 3.30. The largest absolute Gasteiger partial charge is 0.489 e. The van der Waals surface area contributed by atoms with Crippen LogP contribution in [-0.4, -0.2) is 9.97 Å². The molecule has 0 atom stereocenters. The van der Waals surface area contributed by atoms with Gasteiger partial charge in [0.15, 0.2) is 0 Å². The molecule has 6 heteroatoms. The first-order chi connectivity index (χ1) is 16.6. The highest BCUT2D eigenvalue weighted by Gasteiger charge is 2.14. The molecule has 0 spiro atoms. The molecule has 170 valence electrons. The van der Waals surface area contributed by atoms with Crippen LogP contribution in [0.25, 0.3) is 21.3 Å². The Kier molecular flexibility index (Phi) is 6.48. The van der Waals surface area contributed by atoms with Crippen LogP contribution in [0.15, 0.2) is 84.5 Å². The van der Waals surface area contributed by atoms with Crippen molar-refractivity contribution in [3.05, 3.63) is 101 Å². The minimum absolute atomic E-state index is 0.490. The number of ether oxygens (including phenoxy) is 1. The Bertz CT molecular complexity index is 1400. The van der Waals surface area contributed by atoms with Crippen molar-refractivity contribution in [1.82, 2.24) is 9.97 Å². The van der Waals surface area contributed by atoms with E-state index in [1.807, 2.05) is 48.5 Å². The van der Waals surface area contributed by atoms with Crippen LogP contribution in [0.4, 0.5) is 11.5 Å². The fourth-order valence-electron chi connectivity index (χ4n) is 3.75. The van der Waals surface area contributed by atoms with Crippen molar-refractivity contribution in [2.45, 2.75) is 26.4 Å². The van der Waals surface area contributed by atoms with E-state index in [1.54, 1.807) is 17.7 Å². The molecule has 0 fully saturated rings. The molecule has 0 saturated carbocycles. The van der Waals surface area contributed by atoms with Crippen molar-refractivity contribution in [3.63, 3.8) is 0 Å². The predicted octanol–water partition coefficient (Wildman–Crippen LogP) is 8.46. The quantitative estimate of drug-likeness (QED) is 0.251. The lowest BCUT2D eigenvalue weighted by Crippen LogP contribution is -1.97. The minimum atomic E-state index is 0.490. The number of thiophene rings is 1. The van der Waals surface area contributed by atoms with Gasteiger partial charge in [0.05, 0.1) is 5.39 Å². The van der Waals surface area contributed by atoms with E-state index in [0.717, 1.165) is 43.6 Å². The summed E-state index contributed by atoms with van der Waals surface area (Å²) in [6, 6.07) is 24.3. The molecule has 0 radical (unpaired) electrons. The summed E-state index contributed by atoms with van der Waals surface area (Å²) in [6.45, 7) is 4.90. The Hall–Kier alpha value is -3.41. The second-order valence-corrected chi connectivity index (χ2v) is 9.69. The van der Waals surface area contributed by atoms with Crippen LogP contribution in [0.2, 0.25) is 5.02 Å². The van der Waals surface area contributed by atoms with Crippen LogP contribution in [0.1, 0.15) is 30.9 Å². The van der Waals surface area contributed by atoms with Gasteiger partial charge in [0.2, 0.25) is 0 Å². The number of nitrogens with one attached hydrogen (secondary N) is 1. The highest BCUT2D eigenvalue weighted by molar-refractivity contribution is 7.17. The highest BCUT2D eigenvalue weighted by Crippen LogP contribution is 2.38. The topological polar surface area (TPSA) is 47.0 Å². The first kappa shape index (κ1) is 22.4. The van der Waals surface area contributed by atoms with E-state index in [0.29, 0.717) is 12.5 Å². The maximum Gasteiger partial charge on any atom is 0.143 e. The summed E-state index contributed by atoms with van der Waals surface area (Å²) >= 11 is 7.58. The molecule has 0 aliphatic heterocycles. The van der Waals surface area contributed by atoms with Crippen LogP contribution >= 0.6 is 22.9 Å². The van der Waals surface area contributed by atoms with Gasteiger partial charge in [-0.15, -0.1) is 11.3 Å². The van der Waals surface area contributed by atoms with Gasteiger partial charge in [-0.3, -0.25) is 0 Å². The fourth-order valence-corrected chi connectivity index (χ4v) is 4.79. The number of anilines is 2. The number of benzene rings is 3. The van der Waals surface area contributed by atoms with Crippen LogP contribution in [0.3, 0.4) is 0 Å². The summed E-state index contributed by atoms with van der Waals surface area (Å²) in [5.41, 5.74) is 5.64. The van der Waals surface area contributed by atoms with Crippen molar-refractivity contribution >= 4 is 44.7 Å². The van der Waals surface area contributed by atoms with Gasteiger partial charge in [-0.2, -0.15) is 0 Å². The van der Waals surface area contributed by atoms with Gasteiger partial charge in [-0.25, -0.2) is 9.97 Å². The Morgan fingerprint density at radius 2 is 1.65 bits per heavy atom. The molecule has 3 aromatic carbocycles. The number of nitrogens with zero attached hydrogens (tertiary/aromatic N) is 2. The molecule has 0 unspecified atom stereocenters. The molecule has 0 bridgehead atoms. The van der Waals surface area contributed by atoms with E-state index >= 15 is 0 Å². The zero-order valence-electron chi connectivity index (χ0n) is 19.0. The average molecular weight is 486 g/mol. The standard InChI is InChI=1S/C28H24ClN3OS/c1-18(2)20-5-7-21(8-6-20)25-16-34-28-26(25)27(30-17-31-28)32-23-11-13-24(14-12-23)33-15-19-3-9-22(29)10-4-19/h3-14,16-18H,15H2,1-2H3,(H,30,31,32). The molecule has 5 rings (SSSR count). The van der Waals surface area contributed by atoms with Crippen LogP contribution in [0.5, 0.6) is 5.75 Å². The van der Waals surface area contributed by atoms with Crippen LogP contribution in [0, 0.1) is 0 Å². The summed E-state index contributed by atoms with van der Waals surface area (Å²) in [6.07, 6.45) is 1.61. The van der Waals surface area contributed by atoms with E-state index in [9.17, 15) is 0 Å². The van der Waals surface area contributed by atoms with Crippen molar-refractivity contribution in [1.29, 1.82) is 0 Å². The Balaban J connectivity index is 1.35. The molecule has 34 heavy (non-hydrogen) atoms. The van der Waals surface area contributed by atoms with Gasteiger partial charge in [-0.1, -0.05) is 61.8 Å². The number of hydrogen-bond acceptors (Lipinski definition) is 5. The lowest BCUT2D eigenvalue weighted by molar-refractivity contribution is 0.306. The van der Waals surface area contributed by atoms with Crippen molar-refractivity contribution < 1.29 is 4.74 Å². The molecule has 0 amide bonds. The molecule has 2 aromatic heterocycles. The van der Waals surface area contributed by atoms with Gasteiger partial charge in [-0.05, 0) is 59.0 Å². The van der Waals surface area contributed by atoms with E-state index in [1.165, 1.54) is 11.1 Å². The summed E-state index contributed by atoms with van der Waals surface area (Å²) in [4.78, 5) is 10.0. The van der Waals surface area contributed by atoms with Gasteiger partial charge in [0.1, 0.15) is 29.3 Å². The third-order valence-electron chi connectivity index (χ3n) is 5.69. The lowest BCUT2D eigenvalue weighted by Gasteiger charge is -2.11. The number of halogens is 1. The molecule has 2 heterocycles. The van der Waals surface area contributed by atoms with E-state index in [2.05, 4.69) is 58.8 Å². The van der Waals surface area contributed by atoms with E-state index < -0.39 is 0 Å². The maximum absolute atomic E-state index is 5.95.